The molecule has 0 atom stereocenters. The van der Waals surface area contributed by atoms with Gasteiger partial charge in [0.1, 0.15) is 6.33 Å². The Morgan fingerprint density at radius 1 is 1.50 bits per heavy atom. The van der Waals surface area contributed by atoms with Gasteiger partial charge < -0.3 is 15.7 Å². The van der Waals surface area contributed by atoms with E-state index < -0.39 is 10.5 Å². The Kier molecular flexibility index (Phi) is 3.28. The van der Waals surface area contributed by atoms with E-state index in [-0.39, 0.29) is 23.9 Å². The summed E-state index contributed by atoms with van der Waals surface area (Å²) in [5.74, 6) is 0.276. The summed E-state index contributed by atoms with van der Waals surface area (Å²) in [7, 11) is 1.55. The van der Waals surface area contributed by atoms with Crippen molar-refractivity contribution in [2.75, 3.05) is 24.2 Å². The summed E-state index contributed by atoms with van der Waals surface area (Å²) in [4.78, 5) is 18.1. The van der Waals surface area contributed by atoms with Crippen LogP contribution < -0.4 is 10.6 Å². The highest BCUT2D eigenvalue weighted by molar-refractivity contribution is 5.69. The largest absolute Gasteiger partial charge is 0.388 e. The van der Waals surface area contributed by atoms with E-state index in [4.69, 9.17) is 0 Å². The van der Waals surface area contributed by atoms with Gasteiger partial charge in [-0.15, -0.1) is 0 Å². The molecular weight excluding hydrogens is 238 g/mol. The van der Waals surface area contributed by atoms with Crippen molar-refractivity contribution in [3.05, 3.63) is 16.4 Å². The summed E-state index contributed by atoms with van der Waals surface area (Å²) in [5.41, 5.74) is -0.971. The quantitative estimate of drug-likeness (QED) is 0.524. The Bertz CT molecular complexity index is 461. The molecule has 1 aromatic heterocycles. The van der Waals surface area contributed by atoms with E-state index in [9.17, 15) is 15.2 Å². The number of nitrogens with one attached hydrogen (secondary N) is 2. The Balaban J connectivity index is 2.18. The fourth-order valence-corrected chi connectivity index (χ4v) is 1.87. The predicted molar refractivity (Wildman–Crippen MR) is 65.5 cm³/mol. The van der Waals surface area contributed by atoms with Crippen LogP contribution in [0.3, 0.4) is 0 Å². The molecule has 1 aromatic rings. The molecule has 0 unspecified atom stereocenters. The Labute approximate surface area is 104 Å². The molecule has 8 nitrogen and oxygen atoms in total. The summed E-state index contributed by atoms with van der Waals surface area (Å²) in [6, 6.07) is 0. The summed E-state index contributed by atoms with van der Waals surface area (Å²) in [6.07, 6.45) is 3.63. The maximum atomic E-state index is 11.0. The number of hydrogen-bond acceptors (Lipinski definition) is 7. The zero-order valence-corrected chi connectivity index (χ0v) is 10.0. The van der Waals surface area contributed by atoms with Crippen molar-refractivity contribution < 1.29 is 10.0 Å². The molecular formula is C10H15N5O3. The number of aliphatic hydroxyl groups is 1. The second kappa shape index (κ2) is 4.73. The van der Waals surface area contributed by atoms with Crippen molar-refractivity contribution in [2.45, 2.75) is 24.9 Å². The number of nitrogens with zero attached hydrogens (tertiary/aromatic N) is 3. The number of rotatable bonds is 5. The van der Waals surface area contributed by atoms with Gasteiger partial charge in [0.15, 0.2) is 0 Å². The molecule has 0 spiro atoms. The van der Waals surface area contributed by atoms with Crippen LogP contribution in [0.5, 0.6) is 0 Å². The highest BCUT2D eigenvalue weighted by Gasteiger charge is 2.35. The van der Waals surface area contributed by atoms with Crippen LogP contribution in [0, 0.1) is 10.1 Å². The van der Waals surface area contributed by atoms with Gasteiger partial charge in [0.25, 0.3) is 0 Å². The minimum absolute atomic E-state index is 0.125. The minimum Gasteiger partial charge on any atom is -0.388 e. The van der Waals surface area contributed by atoms with E-state index in [1.807, 2.05) is 0 Å². The van der Waals surface area contributed by atoms with E-state index in [1.54, 1.807) is 7.05 Å². The smallest absolute Gasteiger partial charge is 0.353 e. The van der Waals surface area contributed by atoms with Crippen molar-refractivity contribution in [3.8, 4) is 0 Å². The zero-order chi connectivity index (χ0) is 13.2. The van der Waals surface area contributed by atoms with Crippen LogP contribution in [0.2, 0.25) is 0 Å². The molecule has 18 heavy (non-hydrogen) atoms. The molecule has 1 aliphatic carbocycles. The van der Waals surface area contributed by atoms with Crippen molar-refractivity contribution in [1.29, 1.82) is 0 Å². The third-order valence-corrected chi connectivity index (χ3v) is 3.11. The van der Waals surface area contributed by atoms with Crippen molar-refractivity contribution in [1.82, 2.24) is 9.97 Å². The maximum absolute atomic E-state index is 11.0. The van der Waals surface area contributed by atoms with E-state index in [2.05, 4.69) is 20.6 Å². The monoisotopic (exact) mass is 253 g/mol. The van der Waals surface area contributed by atoms with E-state index in [0.717, 1.165) is 6.42 Å². The van der Waals surface area contributed by atoms with Crippen LogP contribution in [0.15, 0.2) is 6.33 Å². The SMILES string of the molecule is CNc1ncnc(NCC2(O)CCC2)c1[N+](=O)[O-]. The first-order valence-corrected chi connectivity index (χ1v) is 5.69. The molecule has 0 radical (unpaired) electrons. The highest BCUT2D eigenvalue weighted by atomic mass is 16.6. The molecule has 0 bridgehead atoms. The normalized spacial score (nSPS) is 16.8. The molecule has 1 saturated carbocycles. The third kappa shape index (κ3) is 2.33. The fourth-order valence-electron chi connectivity index (χ4n) is 1.87. The first-order chi connectivity index (χ1) is 8.56. The molecule has 0 aromatic carbocycles. The molecule has 1 aliphatic rings. The molecule has 0 amide bonds. The van der Waals surface area contributed by atoms with Gasteiger partial charge in [-0.1, -0.05) is 0 Å². The lowest BCUT2D eigenvalue weighted by Crippen LogP contribution is -2.43. The van der Waals surface area contributed by atoms with Crippen molar-refractivity contribution in [2.24, 2.45) is 0 Å². The summed E-state index contributed by atoms with van der Waals surface area (Å²) >= 11 is 0. The van der Waals surface area contributed by atoms with Crippen LogP contribution in [0.4, 0.5) is 17.3 Å². The van der Waals surface area contributed by atoms with Gasteiger partial charge in [0.2, 0.25) is 11.6 Å². The molecule has 3 N–H and O–H groups in total. The average molecular weight is 253 g/mol. The summed E-state index contributed by atoms with van der Waals surface area (Å²) in [6.45, 7) is 0.258. The molecule has 1 fully saturated rings. The number of anilines is 2. The summed E-state index contributed by atoms with van der Waals surface area (Å²) < 4.78 is 0. The van der Waals surface area contributed by atoms with Crippen molar-refractivity contribution >= 4 is 17.3 Å². The first-order valence-electron chi connectivity index (χ1n) is 5.69. The first kappa shape index (κ1) is 12.5. The van der Waals surface area contributed by atoms with Crippen LogP contribution in [0.1, 0.15) is 19.3 Å². The lowest BCUT2D eigenvalue weighted by atomic mass is 9.80. The lowest BCUT2D eigenvalue weighted by Gasteiger charge is -2.36. The molecule has 0 aliphatic heterocycles. The van der Waals surface area contributed by atoms with E-state index >= 15 is 0 Å². The topological polar surface area (TPSA) is 113 Å². The number of hydrogen-bond donors (Lipinski definition) is 3. The van der Waals surface area contributed by atoms with Gasteiger partial charge in [-0.25, -0.2) is 9.97 Å². The van der Waals surface area contributed by atoms with E-state index in [0.29, 0.717) is 12.8 Å². The molecule has 0 saturated heterocycles. The van der Waals surface area contributed by atoms with Crippen LogP contribution in [-0.4, -0.2) is 39.2 Å². The third-order valence-electron chi connectivity index (χ3n) is 3.11. The van der Waals surface area contributed by atoms with Crippen molar-refractivity contribution in [3.63, 3.8) is 0 Å². The van der Waals surface area contributed by atoms with Gasteiger partial charge in [-0.3, -0.25) is 10.1 Å². The maximum Gasteiger partial charge on any atom is 0.353 e. The molecule has 8 heteroatoms. The molecule has 2 rings (SSSR count). The zero-order valence-electron chi connectivity index (χ0n) is 10.0. The fraction of sp³-hybridized carbons (Fsp3) is 0.600. The number of aromatic nitrogens is 2. The van der Waals surface area contributed by atoms with E-state index in [1.165, 1.54) is 6.33 Å². The van der Waals surface area contributed by atoms with Gasteiger partial charge in [0, 0.05) is 13.6 Å². The Hall–Kier alpha value is -1.96. The second-order valence-corrected chi connectivity index (χ2v) is 4.36. The minimum atomic E-state index is -0.765. The van der Waals surface area contributed by atoms with Gasteiger partial charge in [-0.2, -0.15) is 0 Å². The molecule has 1 heterocycles. The number of nitro groups is 1. The lowest BCUT2D eigenvalue weighted by molar-refractivity contribution is -0.383. The van der Waals surface area contributed by atoms with Crippen LogP contribution in [0.25, 0.3) is 0 Å². The van der Waals surface area contributed by atoms with Crippen LogP contribution in [-0.2, 0) is 0 Å². The van der Waals surface area contributed by atoms with Crippen LogP contribution >= 0.6 is 0 Å². The van der Waals surface area contributed by atoms with Gasteiger partial charge in [-0.05, 0) is 19.3 Å². The predicted octanol–water partition coefficient (Wildman–Crippen LogP) is 0.753. The second-order valence-electron chi connectivity index (χ2n) is 4.36. The van der Waals surface area contributed by atoms with Gasteiger partial charge in [0.05, 0.1) is 10.5 Å². The van der Waals surface area contributed by atoms with Gasteiger partial charge >= 0.3 is 5.69 Å². The highest BCUT2D eigenvalue weighted by Crippen LogP contribution is 2.33. The standard InChI is InChI=1S/C10H15N5O3/c1-11-8-7(15(17)18)9(14-6-13-8)12-5-10(16)3-2-4-10/h6,16H,2-5H2,1H3,(H2,11,12,13,14). The Morgan fingerprint density at radius 3 is 2.67 bits per heavy atom. The molecule has 98 valence electrons. The Morgan fingerprint density at radius 2 is 2.17 bits per heavy atom. The summed E-state index contributed by atoms with van der Waals surface area (Å²) in [5, 5.41) is 26.4. The average Bonchev–Trinajstić information content (AvgIpc) is 2.33.